The van der Waals surface area contributed by atoms with E-state index in [1.54, 1.807) is 0 Å². The lowest BCUT2D eigenvalue weighted by Gasteiger charge is -2.18. The smallest absolute Gasteiger partial charge is 0.202 e. The molecule has 0 saturated heterocycles. The van der Waals surface area contributed by atoms with Crippen LogP contribution in [0.5, 0.6) is 0 Å². The van der Waals surface area contributed by atoms with Gasteiger partial charge in [-0.3, -0.25) is 0 Å². The zero-order chi connectivity index (χ0) is 13.9. The summed E-state index contributed by atoms with van der Waals surface area (Å²) in [5, 5.41) is 4.21. The Morgan fingerprint density at radius 1 is 1.20 bits per heavy atom. The van der Waals surface area contributed by atoms with Crippen molar-refractivity contribution < 1.29 is 0 Å². The molecule has 1 aliphatic carbocycles. The molecule has 5 nitrogen and oxygen atoms in total. The van der Waals surface area contributed by atoms with Crippen LogP contribution in [-0.4, -0.2) is 19.3 Å². The summed E-state index contributed by atoms with van der Waals surface area (Å²) in [4.78, 5) is 12.4. The summed E-state index contributed by atoms with van der Waals surface area (Å²) in [5.41, 5.74) is 2.18. The first kappa shape index (κ1) is 13.5. The predicted octanol–water partition coefficient (Wildman–Crippen LogP) is 3.54. The van der Waals surface area contributed by atoms with Gasteiger partial charge in [0, 0.05) is 23.1 Å². The molecule has 0 bridgehead atoms. The van der Waals surface area contributed by atoms with Crippen LogP contribution in [0.2, 0.25) is 0 Å². The van der Waals surface area contributed by atoms with E-state index in [1.807, 2.05) is 13.8 Å². The van der Waals surface area contributed by atoms with Crippen LogP contribution in [0.1, 0.15) is 61.1 Å². The number of hydrogen-bond donors (Lipinski definition) is 2. The maximum absolute atomic E-state index is 4.63. The van der Waals surface area contributed by atoms with Crippen molar-refractivity contribution in [3.05, 3.63) is 23.0 Å². The molecule has 0 atom stereocenters. The minimum atomic E-state index is 0.573. The molecule has 2 aromatic rings. The average molecular weight is 291 g/mol. The zero-order valence-corrected chi connectivity index (χ0v) is 12.9. The number of hydrogen-bond acceptors (Lipinski definition) is 5. The molecule has 0 amide bonds. The van der Waals surface area contributed by atoms with E-state index in [9.17, 15) is 0 Å². The Labute approximate surface area is 123 Å². The van der Waals surface area contributed by atoms with Crippen molar-refractivity contribution in [1.29, 1.82) is 0 Å². The Morgan fingerprint density at radius 2 is 2.00 bits per heavy atom. The van der Waals surface area contributed by atoms with Gasteiger partial charge in [0.25, 0.3) is 0 Å². The molecule has 1 aliphatic rings. The number of nitrogens with one attached hydrogen (secondary N) is 2. The van der Waals surface area contributed by atoms with Crippen LogP contribution >= 0.6 is 11.5 Å². The molecule has 0 aromatic carbocycles. The van der Waals surface area contributed by atoms with E-state index in [4.69, 9.17) is 0 Å². The van der Waals surface area contributed by atoms with E-state index in [1.165, 1.54) is 43.6 Å². The number of aromatic amines is 1. The molecule has 0 spiro atoms. The van der Waals surface area contributed by atoms with Gasteiger partial charge in [0.05, 0.1) is 12.2 Å². The second-order valence-corrected chi connectivity index (χ2v) is 6.29. The maximum atomic E-state index is 4.63. The van der Waals surface area contributed by atoms with Gasteiger partial charge in [0.2, 0.25) is 5.13 Å². The lowest BCUT2D eigenvalue weighted by molar-refractivity contribution is 0.431. The molecule has 2 N–H and O–H groups in total. The maximum Gasteiger partial charge on any atom is 0.202 e. The van der Waals surface area contributed by atoms with Crippen LogP contribution in [-0.2, 0) is 6.54 Å². The van der Waals surface area contributed by atoms with Crippen LogP contribution in [0.3, 0.4) is 0 Å². The number of imidazole rings is 1. The summed E-state index contributed by atoms with van der Waals surface area (Å²) in [6, 6.07) is 0. The van der Waals surface area contributed by atoms with Gasteiger partial charge >= 0.3 is 0 Å². The van der Waals surface area contributed by atoms with Crippen molar-refractivity contribution in [1.82, 2.24) is 19.3 Å². The van der Waals surface area contributed by atoms with Gasteiger partial charge in [-0.25, -0.2) is 9.97 Å². The number of nitrogens with zero attached hydrogens (tertiary/aromatic N) is 3. The van der Waals surface area contributed by atoms with Crippen LogP contribution in [0.25, 0.3) is 0 Å². The quantitative estimate of drug-likeness (QED) is 0.904. The predicted molar refractivity (Wildman–Crippen MR) is 81.1 cm³/mol. The second kappa shape index (κ2) is 5.91. The molecule has 0 aliphatic heterocycles. The van der Waals surface area contributed by atoms with E-state index in [0.717, 1.165) is 28.2 Å². The molecule has 1 fully saturated rings. The van der Waals surface area contributed by atoms with E-state index in [-0.39, 0.29) is 0 Å². The summed E-state index contributed by atoms with van der Waals surface area (Å²) in [7, 11) is 0. The average Bonchev–Trinajstić information content (AvgIpc) is 3.05. The second-order valence-electron chi connectivity index (χ2n) is 5.54. The van der Waals surface area contributed by atoms with E-state index in [0.29, 0.717) is 12.5 Å². The molecule has 2 heterocycles. The highest BCUT2D eigenvalue weighted by Gasteiger charge is 2.19. The zero-order valence-electron chi connectivity index (χ0n) is 12.1. The van der Waals surface area contributed by atoms with Crippen LogP contribution in [0.4, 0.5) is 5.13 Å². The molecule has 6 heteroatoms. The lowest BCUT2D eigenvalue weighted by atomic mass is 9.89. The largest absolute Gasteiger partial charge is 0.353 e. The van der Waals surface area contributed by atoms with Crippen LogP contribution < -0.4 is 5.32 Å². The van der Waals surface area contributed by atoms with Gasteiger partial charge in [-0.15, -0.1) is 0 Å². The van der Waals surface area contributed by atoms with Crippen molar-refractivity contribution >= 4 is 16.7 Å². The summed E-state index contributed by atoms with van der Waals surface area (Å²) in [6.45, 7) is 4.73. The monoisotopic (exact) mass is 291 g/mol. The first-order valence-electron chi connectivity index (χ1n) is 7.32. The number of aryl methyl sites for hydroxylation is 2. The van der Waals surface area contributed by atoms with Crippen molar-refractivity contribution in [3.63, 3.8) is 0 Å². The highest BCUT2D eigenvalue weighted by Crippen LogP contribution is 2.32. The topological polar surface area (TPSA) is 66.5 Å². The molecule has 20 heavy (non-hydrogen) atoms. The van der Waals surface area contributed by atoms with Gasteiger partial charge in [-0.05, 0) is 26.7 Å². The first-order chi connectivity index (χ1) is 9.72. The van der Waals surface area contributed by atoms with Crippen LogP contribution in [0, 0.1) is 13.8 Å². The summed E-state index contributed by atoms with van der Waals surface area (Å²) < 4.78 is 4.51. The molecule has 0 unspecified atom stereocenters. The third-order valence-corrected chi connectivity index (χ3v) is 4.68. The summed E-state index contributed by atoms with van der Waals surface area (Å²) >= 11 is 1.46. The fourth-order valence-corrected chi connectivity index (χ4v) is 3.34. The molecule has 3 rings (SSSR count). The fourth-order valence-electron chi connectivity index (χ4n) is 2.70. The number of rotatable bonds is 4. The summed E-state index contributed by atoms with van der Waals surface area (Å²) in [5.74, 6) is 2.56. The van der Waals surface area contributed by atoms with Crippen molar-refractivity contribution in [3.8, 4) is 0 Å². The van der Waals surface area contributed by atoms with Gasteiger partial charge in [-0.2, -0.15) is 4.37 Å². The normalized spacial score (nSPS) is 16.5. The molecule has 2 aromatic heterocycles. The Kier molecular flexibility index (Phi) is 4.00. The van der Waals surface area contributed by atoms with E-state index < -0.39 is 0 Å². The Bertz CT molecular complexity index is 548. The fraction of sp³-hybridized carbons (Fsp3) is 0.643. The minimum Gasteiger partial charge on any atom is -0.353 e. The van der Waals surface area contributed by atoms with Gasteiger partial charge in [0.1, 0.15) is 11.6 Å². The summed E-state index contributed by atoms with van der Waals surface area (Å²) in [6.07, 6.45) is 6.48. The molecule has 0 radical (unpaired) electrons. The van der Waals surface area contributed by atoms with Gasteiger partial charge in [0.15, 0.2) is 0 Å². The third-order valence-electron chi connectivity index (χ3n) is 4.00. The number of aromatic nitrogens is 4. The highest BCUT2D eigenvalue weighted by molar-refractivity contribution is 7.09. The number of H-pyrrole nitrogens is 1. The molecule has 1 saturated carbocycles. The van der Waals surface area contributed by atoms with Crippen molar-refractivity contribution in [2.75, 3.05) is 5.32 Å². The SMILES string of the molecule is Cc1nc(CNc2nc(C3CCCCC3)ns2)[nH]c1C. The van der Waals surface area contributed by atoms with Gasteiger partial charge in [-0.1, -0.05) is 19.3 Å². The number of anilines is 1. The third kappa shape index (κ3) is 3.00. The molecule has 108 valence electrons. The van der Waals surface area contributed by atoms with Crippen LogP contribution in [0.15, 0.2) is 0 Å². The minimum absolute atomic E-state index is 0.573. The lowest BCUT2D eigenvalue weighted by Crippen LogP contribution is -2.06. The Morgan fingerprint density at radius 3 is 2.70 bits per heavy atom. The van der Waals surface area contributed by atoms with E-state index >= 15 is 0 Å². The molecular weight excluding hydrogens is 270 g/mol. The van der Waals surface area contributed by atoms with E-state index in [2.05, 4.69) is 24.6 Å². The van der Waals surface area contributed by atoms with Gasteiger partial charge < -0.3 is 10.3 Å². The standard InChI is InChI=1S/C14H21N5S/c1-9-10(2)17-12(16-9)8-15-14-18-13(19-20-14)11-6-4-3-5-7-11/h11H,3-8H2,1-2H3,(H,16,17)(H,15,18,19). The first-order valence-corrected chi connectivity index (χ1v) is 8.09. The molecular formula is C14H21N5S. The van der Waals surface area contributed by atoms with Crippen molar-refractivity contribution in [2.45, 2.75) is 58.4 Å². The Hall–Kier alpha value is -1.43. The van der Waals surface area contributed by atoms with Crippen molar-refractivity contribution in [2.24, 2.45) is 0 Å². The highest BCUT2D eigenvalue weighted by atomic mass is 32.1. The Balaban J connectivity index is 1.59.